The van der Waals surface area contributed by atoms with Crippen molar-refractivity contribution >= 4 is 17.4 Å². The van der Waals surface area contributed by atoms with Crippen LogP contribution < -0.4 is 16.0 Å². The molecule has 0 aliphatic carbocycles. The Labute approximate surface area is 114 Å². The first-order valence-corrected chi connectivity index (χ1v) is 6.76. The SMILES string of the molecule is CCNC(=O)CN(CC)c1c(N)c(C(C)C)nn1C. The first-order chi connectivity index (χ1) is 8.92. The minimum Gasteiger partial charge on any atom is -0.394 e. The van der Waals surface area contributed by atoms with Gasteiger partial charge in [0.05, 0.1) is 17.9 Å². The first-order valence-electron chi connectivity index (χ1n) is 6.76. The lowest BCUT2D eigenvalue weighted by atomic mass is 10.1. The van der Waals surface area contributed by atoms with Gasteiger partial charge < -0.3 is 16.0 Å². The molecule has 0 aromatic carbocycles. The molecule has 0 atom stereocenters. The smallest absolute Gasteiger partial charge is 0.239 e. The maximum Gasteiger partial charge on any atom is 0.239 e. The average molecular weight is 267 g/mol. The van der Waals surface area contributed by atoms with Crippen molar-refractivity contribution in [3.8, 4) is 0 Å². The minimum absolute atomic E-state index is 0.00366. The molecule has 1 aromatic heterocycles. The number of nitrogen functional groups attached to an aromatic ring is 1. The molecule has 0 aliphatic heterocycles. The zero-order chi connectivity index (χ0) is 14.6. The van der Waals surface area contributed by atoms with Gasteiger partial charge in [0.2, 0.25) is 5.91 Å². The molecule has 1 heterocycles. The van der Waals surface area contributed by atoms with Crippen LogP contribution in [0.5, 0.6) is 0 Å². The Hall–Kier alpha value is -1.72. The van der Waals surface area contributed by atoms with Crippen LogP contribution in [0.2, 0.25) is 0 Å². The van der Waals surface area contributed by atoms with Crippen LogP contribution in [0.25, 0.3) is 0 Å². The van der Waals surface area contributed by atoms with Crippen LogP contribution in [-0.4, -0.2) is 35.3 Å². The van der Waals surface area contributed by atoms with Crippen LogP contribution in [-0.2, 0) is 11.8 Å². The van der Waals surface area contributed by atoms with Crippen molar-refractivity contribution in [2.75, 3.05) is 30.3 Å². The molecule has 1 aromatic rings. The van der Waals surface area contributed by atoms with E-state index in [1.807, 2.05) is 25.8 Å². The first kappa shape index (κ1) is 15.3. The largest absolute Gasteiger partial charge is 0.394 e. The van der Waals surface area contributed by atoms with E-state index >= 15 is 0 Å². The molecule has 1 rings (SSSR count). The second-order valence-corrected chi connectivity index (χ2v) is 4.87. The minimum atomic E-state index is -0.00366. The van der Waals surface area contributed by atoms with Gasteiger partial charge >= 0.3 is 0 Å². The highest BCUT2D eigenvalue weighted by molar-refractivity contribution is 5.82. The lowest BCUT2D eigenvalue weighted by Gasteiger charge is -2.22. The van der Waals surface area contributed by atoms with E-state index in [0.29, 0.717) is 25.3 Å². The van der Waals surface area contributed by atoms with Gasteiger partial charge in [-0.3, -0.25) is 9.48 Å². The second kappa shape index (κ2) is 6.45. The van der Waals surface area contributed by atoms with Crippen molar-refractivity contribution in [1.29, 1.82) is 0 Å². The van der Waals surface area contributed by atoms with Crippen LogP contribution in [0.1, 0.15) is 39.3 Å². The predicted octanol–water partition coefficient (Wildman–Crippen LogP) is 1.09. The number of anilines is 2. The molecule has 0 saturated heterocycles. The molecule has 3 N–H and O–H groups in total. The topological polar surface area (TPSA) is 76.2 Å². The number of hydrogen-bond donors (Lipinski definition) is 2. The van der Waals surface area contributed by atoms with Crippen molar-refractivity contribution in [2.45, 2.75) is 33.6 Å². The number of likely N-dealkylation sites (N-methyl/N-ethyl adjacent to an activating group) is 2. The molecule has 0 bridgehead atoms. The van der Waals surface area contributed by atoms with E-state index in [0.717, 1.165) is 11.5 Å². The molecule has 0 aliphatic rings. The molecule has 0 unspecified atom stereocenters. The maximum atomic E-state index is 11.7. The Balaban J connectivity index is 3.01. The highest BCUT2D eigenvalue weighted by atomic mass is 16.2. The number of nitrogens with zero attached hydrogens (tertiary/aromatic N) is 3. The van der Waals surface area contributed by atoms with E-state index in [-0.39, 0.29) is 11.8 Å². The van der Waals surface area contributed by atoms with E-state index in [4.69, 9.17) is 5.73 Å². The van der Waals surface area contributed by atoms with E-state index < -0.39 is 0 Å². The Morgan fingerprint density at radius 2 is 2.11 bits per heavy atom. The van der Waals surface area contributed by atoms with Crippen molar-refractivity contribution in [1.82, 2.24) is 15.1 Å². The fourth-order valence-corrected chi connectivity index (χ4v) is 2.12. The van der Waals surface area contributed by atoms with Gasteiger partial charge in [0.15, 0.2) is 5.82 Å². The highest BCUT2D eigenvalue weighted by Crippen LogP contribution is 2.30. The summed E-state index contributed by atoms with van der Waals surface area (Å²) in [6.45, 7) is 9.66. The van der Waals surface area contributed by atoms with Gasteiger partial charge in [-0.15, -0.1) is 0 Å². The Morgan fingerprint density at radius 1 is 1.47 bits per heavy atom. The summed E-state index contributed by atoms with van der Waals surface area (Å²) in [5.74, 6) is 1.08. The van der Waals surface area contributed by atoms with Crippen LogP contribution in [0.4, 0.5) is 11.5 Å². The molecule has 108 valence electrons. The molecular weight excluding hydrogens is 242 g/mol. The van der Waals surface area contributed by atoms with Crippen LogP contribution >= 0.6 is 0 Å². The summed E-state index contributed by atoms with van der Waals surface area (Å²) in [4.78, 5) is 13.7. The number of nitrogens with two attached hydrogens (primary N) is 1. The molecule has 0 radical (unpaired) electrons. The molecular formula is C13H25N5O. The summed E-state index contributed by atoms with van der Waals surface area (Å²) in [5, 5.41) is 7.25. The molecule has 6 nitrogen and oxygen atoms in total. The van der Waals surface area contributed by atoms with Gasteiger partial charge in [-0.2, -0.15) is 5.10 Å². The molecule has 0 fully saturated rings. The van der Waals surface area contributed by atoms with Gasteiger partial charge in [-0.25, -0.2) is 0 Å². The van der Waals surface area contributed by atoms with Crippen molar-refractivity contribution in [3.63, 3.8) is 0 Å². The Bertz CT molecular complexity index is 438. The van der Waals surface area contributed by atoms with Gasteiger partial charge in [0.1, 0.15) is 0 Å². The lowest BCUT2D eigenvalue weighted by Crippen LogP contribution is -2.38. The normalized spacial score (nSPS) is 10.8. The van der Waals surface area contributed by atoms with Crippen LogP contribution in [0.3, 0.4) is 0 Å². The fraction of sp³-hybridized carbons (Fsp3) is 0.692. The average Bonchev–Trinajstić information content (AvgIpc) is 2.63. The van der Waals surface area contributed by atoms with Crippen LogP contribution in [0, 0.1) is 0 Å². The second-order valence-electron chi connectivity index (χ2n) is 4.87. The standard InChI is InChI=1S/C13H25N5O/c1-6-15-10(19)8-18(7-2)13-11(14)12(9(3)4)16-17(13)5/h9H,6-8,14H2,1-5H3,(H,15,19). The Morgan fingerprint density at radius 3 is 2.53 bits per heavy atom. The zero-order valence-corrected chi connectivity index (χ0v) is 12.5. The number of hydrogen-bond acceptors (Lipinski definition) is 4. The summed E-state index contributed by atoms with van der Waals surface area (Å²) in [6, 6.07) is 0. The number of rotatable bonds is 6. The van der Waals surface area contributed by atoms with E-state index in [1.165, 1.54) is 0 Å². The summed E-state index contributed by atoms with van der Waals surface area (Å²) in [5.41, 5.74) is 7.73. The molecule has 6 heteroatoms. The molecule has 1 amide bonds. The number of carbonyl (C=O) groups is 1. The summed E-state index contributed by atoms with van der Waals surface area (Å²) < 4.78 is 1.76. The third-order valence-electron chi connectivity index (χ3n) is 3.02. The number of nitrogens with one attached hydrogen (secondary N) is 1. The molecule has 0 spiro atoms. The third kappa shape index (κ3) is 3.39. The van der Waals surface area contributed by atoms with Gasteiger partial charge in [-0.05, 0) is 19.8 Å². The number of carbonyl (C=O) groups excluding carboxylic acids is 1. The number of aromatic nitrogens is 2. The predicted molar refractivity (Wildman–Crippen MR) is 78.3 cm³/mol. The zero-order valence-electron chi connectivity index (χ0n) is 12.5. The van der Waals surface area contributed by atoms with Gasteiger partial charge in [0.25, 0.3) is 0 Å². The quantitative estimate of drug-likeness (QED) is 0.809. The summed E-state index contributed by atoms with van der Waals surface area (Å²) >= 11 is 0. The number of amides is 1. The van der Waals surface area contributed by atoms with E-state index in [9.17, 15) is 4.79 Å². The van der Waals surface area contributed by atoms with Gasteiger partial charge in [0, 0.05) is 20.1 Å². The van der Waals surface area contributed by atoms with Crippen molar-refractivity contribution < 1.29 is 4.79 Å². The third-order valence-corrected chi connectivity index (χ3v) is 3.02. The summed E-state index contributed by atoms with van der Waals surface area (Å²) in [6.07, 6.45) is 0. The highest BCUT2D eigenvalue weighted by Gasteiger charge is 2.21. The van der Waals surface area contributed by atoms with Crippen molar-refractivity contribution in [2.24, 2.45) is 7.05 Å². The van der Waals surface area contributed by atoms with E-state index in [2.05, 4.69) is 24.3 Å². The maximum absolute atomic E-state index is 11.7. The fourth-order valence-electron chi connectivity index (χ4n) is 2.12. The van der Waals surface area contributed by atoms with Crippen LogP contribution in [0.15, 0.2) is 0 Å². The monoisotopic (exact) mass is 267 g/mol. The van der Waals surface area contributed by atoms with E-state index in [1.54, 1.807) is 4.68 Å². The molecule has 19 heavy (non-hydrogen) atoms. The number of aryl methyl sites for hydroxylation is 1. The van der Waals surface area contributed by atoms with Gasteiger partial charge in [-0.1, -0.05) is 13.8 Å². The summed E-state index contributed by atoms with van der Waals surface area (Å²) in [7, 11) is 1.86. The lowest BCUT2D eigenvalue weighted by molar-refractivity contribution is -0.119. The molecule has 0 saturated carbocycles. The Kier molecular flexibility index (Phi) is 5.20. The van der Waals surface area contributed by atoms with Crippen molar-refractivity contribution in [3.05, 3.63) is 5.69 Å².